The number of rotatable bonds is 5. The van der Waals surface area contributed by atoms with Crippen LogP contribution >= 0.6 is 0 Å². The summed E-state index contributed by atoms with van der Waals surface area (Å²) >= 11 is 0. The standard InChI is InChI=1S/C15H16FN3O/c16-12-3-1-2-11(10-12)6-7-17-14-15(20)19(9-8-18-14)13-4-5-13/h1-3,8-10,13H,4-7H2,(H,17,18). The van der Waals surface area contributed by atoms with E-state index < -0.39 is 0 Å². The maximum Gasteiger partial charge on any atom is 0.293 e. The minimum absolute atomic E-state index is 0.0748. The molecule has 0 amide bonds. The molecule has 0 unspecified atom stereocenters. The fourth-order valence-electron chi connectivity index (χ4n) is 2.20. The zero-order chi connectivity index (χ0) is 13.9. The topological polar surface area (TPSA) is 46.9 Å². The Balaban J connectivity index is 1.64. The molecule has 0 spiro atoms. The van der Waals surface area contributed by atoms with Crippen LogP contribution in [-0.4, -0.2) is 16.1 Å². The zero-order valence-electron chi connectivity index (χ0n) is 11.1. The van der Waals surface area contributed by atoms with E-state index in [9.17, 15) is 9.18 Å². The molecule has 1 fully saturated rings. The minimum atomic E-state index is -0.239. The quantitative estimate of drug-likeness (QED) is 0.909. The van der Waals surface area contributed by atoms with Gasteiger partial charge in [0.1, 0.15) is 5.82 Å². The van der Waals surface area contributed by atoms with Crippen molar-refractivity contribution in [2.75, 3.05) is 11.9 Å². The Morgan fingerprint density at radius 1 is 1.40 bits per heavy atom. The maximum atomic E-state index is 13.0. The summed E-state index contributed by atoms with van der Waals surface area (Å²) in [5.41, 5.74) is 0.824. The average molecular weight is 273 g/mol. The third-order valence-electron chi connectivity index (χ3n) is 3.40. The molecule has 1 aromatic carbocycles. The molecule has 1 saturated carbocycles. The summed E-state index contributed by atoms with van der Waals surface area (Å²) in [4.78, 5) is 16.2. The number of hydrogen-bond donors (Lipinski definition) is 1. The van der Waals surface area contributed by atoms with E-state index in [-0.39, 0.29) is 11.4 Å². The summed E-state index contributed by atoms with van der Waals surface area (Å²) in [7, 11) is 0. The Hall–Kier alpha value is -2.17. The molecule has 0 saturated heterocycles. The van der Waals surface area contributed by atoms with Crippen molar-refractivity contribution in [1.82, 2.24) is 9.55 Å². The van der Waals surface area contributed by atoms with Crippen LogP contribution in [0.25, 0.3) is 0 Å². The van der Waals surface area contributed by atoms with Crippen molar-refractivity contribution >= 4 is 5.82 Å². The normalized spacial score (nSPS) is 14.2. The summed E-state index contributed by atoms with van der Waals surface area (Å²) in [6, 6.07) is 6.82. The van der Waals surface area contributed by atoms with E-state index in [4.69, 9.17) is 0 Å². The number of aromatic nitrogens is 2. The second kappa shape index (κ2) is 5.45. The zero-order valence-corrected chi connectivity index (χ0v) is 11.1. The number of benzene rings is 1. The Morgan fingerprint density at radius 3 is 3.00 bits per heavy atom. The predicted octanol–water partition coefficient (Wildman–Crippen LogP) is 2.37. The monoisotopic (exact) mass is 273 g/mol. The first kappa shape index (κ1) is 12.8. The molecule has 1 aliphatic carbocycles. The second-order valence-corrected chi connectivity index (χ2v) is 5.03. The van der Waals surface area contributed by atoms with Gasteiger partial charge in [-0.2, -0.15) is 0 Å². The van der Waals surface area contributed by atoms with E-state index in [1.807, 2.05) is 6.07 Å². The molecule has 1 N–H and O–H groups in total. The van der Waals surface area contributed by atoms with Gasteiger partial charge in [-0.25, -0.2) is 9.37 Å². The lowest BCUT2D eigenvalue weighted by Gasteiger charge is -2.08. The molecule has 1 aliphatic rings. The molecule has 3 rings (SSSR count). The summed E-state index contributed by atoms with van der Waals surface area (Å²) in [6.45, 7) is 0.556. The fraction of sp³-hybridized carbons (Fsp3) is 0.333. The fourth-order valence-corrected chi connectivity index (χ4v) is 2.20. The highest BCUT2D eigenvalue weighted by Crippen LogP contribution is 2.33. The molecule has 0 aliphatic heterocycles. The highest BCUT2D eigenvalue weighted by Gasteiger charge is 2.25. The van der Waals surface area contributed by atoms with Gasteiger partial charge in [0, 0.05) is 25.0 Å². The van der Waals surface area contributed by atoms with Crippen LogP contribution < -0.4 is 10.9 Å². The van der Waals surface area contributed by atoms with E-state index >= 15 is 0 Å². The minimum Gasteiger partial charge on any atom is -0.365 e. The van der Waals surface area contributed by atoms with E-state index in [1.54, 1.807) is 23.0 Å². The van der Waals surface area contributed by atoms with Crippen molar-refractivity contribution in [3.05, 3.63) is 58.4 Å². The van der Waals surface area contributed by atoms with Gasteiger partial charge < -0.3 is 9.88 Å². The van der Waals surface area contributed by atoms with Gasteiger partial charge >= 0.3 is 0 Å². The van der Waals surface area contributed by atoms with Gasteiger partial charge in [-0.05, 0) is 37.0 Å². The third kappa shape index (κ3) is 2.87. The first-order chi connectivity index (χ1) is 9.74. The molecule has 20 heavy (non-hydrogen) atoms. The Bertz CT molecular complexity index is 664. The van der Waals surface area contributed by atoms with Crippen LogP contribution in [0.15, 0.2) is 41.5 Å². The van der Waals surface area contributed by atoms with Gasteiger partial charge in [-0.1, -0.05) is 12.1 Å². The first-order valence-electron chi connectivity index (χ1n) is 6.79. The van der Waals surface area contributed by atoms with Gasteiger partial charge in [-0.15, -0.1) is 0 Å². The van der Waals surface area contributed by atoms with Crippen LogP contribution in [-0.2, 0) is 6.42 Å². The summed E-state index contributed by atoms with van der Waals surface area (Å²) < 4.78 is 14.8. The molecule has 104 valence electrons. The summed E-state index contributed by atoms with van der Waals surface area (Å²) in [5.74, 6) is 0.132. The lowest BCUT2D eigenvalue weighted by molar-refractivity contribution is 0.625. The smallest absolute Gasteiger partial charge is 0.293 e. The van der Waals surface area contributed by atoms with Crippen molar-refractivity contribution in [2.24, 2.45) is 0 Å². The van der Waals surface area contributed by atoms with Crippen molar-refractivity contribution in [2.45, 2.75) is 25.3 Å². The Morgan fingerprint density at radius 2 is 2.25 bits per heavy atom. The van der Waals surface area contributed by atoms with E-state index in [1.165, 1.54) is 12.1 Å². The van der Waals surface area contributed by atoms with Crippen LogP contribution in [0.5, 0.6) is 0 Å². The molecule has 1 aromatic heterocycles. The lowest BCUT2D eigenvalue weighted by Crippen LogP contribution is -2.24. The number of anilines is 1. The second-order valence-electron chi connectivity index (χ2n) is 5.03. The molecule has 1 heterocycles. The van der Waals surface area contributed by atoms with Crippen molar-refractivity contribution in [3.8, 4) is 0 Å². The highest BCUT2D eigenvalue weighted by atomic mass is 19.1. The van der Waals surface area contributed by atoms with Gasteiger partial charge in [0.15, 0.2) is 5.82 Å². The highest BCUT2D eigenvalue weighted by molar-refractivity contribution is 5.31. The molecule has 4 nitrogen and oxygen atoms in total. The molecule has 0 bridgehead atoms. The molecule has 5 heteroatoms. The van der Waals surface area contributed by atoms with Crippen LogP contribution in [0.1, 0.15) is 24.4 Å². The lowest BCUT2D eigenvalue weighted by atomic mass is 10.1. The van der Waals surface area contributed by atoms with Crippen molar-refractivity contribution in [3.63, 3.8) is 0 Å². The predicted molar refractivity (Wildman–Crippen MR) is 75.4 cm³/mol. The van der Waals surface area contributed by atoms with Crippen molar-refractivity contribution in [1.29, 1.82) is 0 Å². The van der Waals surface area contributed by atoms with Gasteiger partial charge in [0.05, 0.1) is 0 Å². The van der Waals surface area contributed by atoms with E-state index in [0.717, 1.165) is 18.4 Å². The number of nitrogens with zero attached hydrogens (tertiary/aromatic N) is 2. The SMILES string of the molecule is O=c1c(NCCc2cccc(F)c2)nccn1C1CC1. The van der Waals surface area contributed by atoms with Crippen molar-refractivity contribution < 1.29 is 4.39 Å². The van der Waals surface area contributed by atoms with Gasteiger partial charge in [-0.3, -0.25) is 4.79 Å². The first-order valence-corrected chi connectivity index (χ1v) is 6.79. The van der Waals surface area contributed by atoms with Gasteiger partial charge in [0.2, 0.25) is 0 Å². The average Bonchev–Trinajstić information content (AvgIpc) is 3.25. The van der Waals surface area contributed by atoms with Crippen LogP contribution in [0.4, 0.5) is 10.2 Å². The molecular formula is C15H16FN3O. The molecular weight excluding hydrogens is 257 g/mol. The Labute approximate surface area is 116 Å². The van der Waals surface area contributed by atoms with Crippen LogP contribution in [0.2, 0.25) is 0 Å². The van der Waals surface area contributed by atoms with E-state index in [0.29, 0.717) is 24.8 Å². The number of hydrogen-bond acceptors (Lipinski definition) is 3. The number of halogens is 1. The van der Waals surface area contributed by atoms with Crippen LogP contribution in [0.3, 0.4) is 0 Å². The summed E-state index contributed by atoms with van der Waals surface area (Å²) in [6.07, 6.45) is 6.15. The summed E-state index contributed by atoms with van der Waals surface area (Å²) in [5, 5.41) is 3.04. The largest absolute Gasteiger partial charge is 0.365 e. The van der Waals surface area contributed by atoms with Crippen LogP contribution in [0, 0.1) is 5.82 Å². The Kier molecular flexibility index (Phi) is 3.50. The number of nitrogens with one attached hydrogen (secondary N) is 1. The molecule has 0 atom stereocenters. The molecule has 2 aromatic rings. The maximum absolute atomic E-state index is 13.0. The van der Waals surface area contributed by atoms with E-state index in [2.05, 4.69) is 10.3 Å². The van der Waals surface area contributed by atoms with Gasteiger partial charge in [0.25, 0.3) is 5.56 Å². The molecule has 0 radical (unpaired) electrons. The third-order valence-corrected chi connectivity index (χ3v) is 3.40.